The van der Waals surface area contributed by atoms with Crippen LogP contribution in [0, 0.1) is 0 Å². The zero-order chi connectivity index (χ0) is 15.7. The molecule has 0 aliphatic carbocycles. The van der Waals surface area contributed by atoms with Crippen molar-refractivity contribution in [2.45, 2.75) is 32.6 Å². The first-order valence-electron chi connectivity index (χ1n) is 8.16. The van der Waals surface area contributed by atoms with Crippen LogP contribution in [-0.4, -0.2) is 40.2 Å². The number of nitrogens with zero attached hydrogens (tertiary/aromatic N) is 2. The number of aromatic nitrogens is 1. The lowest BCUT2D eigenvalue weighted by atomic mass is 10.0. The van der Waals surface area contributed by atoms with Crippen molar-refractivity contribution in [3.63, 3.8) is 0 Å². The maximum Gasteiger partial charge on any atom is 0.337 e. The van der Waals surface area contributed by atoms with E-state index in [1.807, 2.05) is 17.7 Å². The second kappa shape index (κ2) is 6.13. The van der Waals surface area contributed by atoms with E-state index in [2.05, 4.69) is 24.1 Å². The molecule has 4 nitrogen and oxygen atoms in total. The van der Waals surface area contributed by atoms with E-state index in [1.165, 1.54) is 31.5 Å². The number of rotatable bonds is 5. The van der Waals surface area contributed by atoms with Crippen LogP contribution in [0.25, 0.3) is 10.9 Å². The van der Waals surface area contributed by atoms with Crippen molar-refractivity contribution in [1.82, 2.24) is 9.47 Å². The highest BCUT2D eigenvalue weighted by Gasteiger charge is 2.18. The predicted molar refractivity (Wildman–Crippen MR) is 88.6 cm³/mol. The summed E-state index contributed by atoms with van der Waals surface area (Å²) in [6.45, 7) is 5.54. The van der Waals surface area contributed by atoms with Gasteiger partial charge in [-0.1, -0.05) is 6.92 Å². The third-order valence-corrected chi connectivity index (χ3v) is 4.75. The summed E-state index contributed by atoms with van der Waals surface area (Å²) in [5.41, 5.74) is 3.63. The molecule has 1 aliphatic heterocycles. The first kappa shape index (κ1) is 15.1. The Balaban J connectivity index is 1.99. The molecule has 0 radical (unpaired) electrons. The summed E-state index contributed by atoms with van der Waals surface area (Å²) in [6, 6.07) is 3.98. The fraction of sp³-hybridized carbons (Fsp3) is 0.500. The van der Waals surface area contributed by atoms with Gasteiger partial charge in [-0.2, -0.15) is 0 Å². The number of carboxylic acid groups (broad SMARTS) is 1. The molecule has 0 bridgehead atoms. The molecular formula is C18H24N2O2. The molecule has 3 rings (SSSR count). The molecule has 0 amide bonds. The second-order valence-corrected chi connectivity index (χ2v) is 6.26. The van der Waals surface area contributed by atoms with E-state index in [0.29, 0.717) is 5.56 Å². The van der Waals surface area contributed by atoms with Crippen LogP contribution in [0.2, 0.25) is 0 Å². The molecular weight excluding hydrogens is 276 g/mol. The van der Waals surface area contributed by atoms with Gasteiger partial charge in [0, 0.05) is 25.2 Å². The summed E-state index contributed by atoms with van der Waals surface area (Å²) in [5, 5.41) is 10.6. The normalized spacial score (nSPS) is 15.7. The van der Waals surface area contributed by atoms with Gasteiger partial charge in [-0.3, -0.25) is 0 Å². The highest BCUT2D eigenvalue weighted by atomic mass is 16.4. The lowest BCUT2D eigenvalue weighted by Crippen LogP contribution is -2.21. The van der Waals surface area contributed by atoms with Crippen molar-refractivity contribution in [3.05, 3.63) is 35.0 Å². The standard InChI is InChI=1S/C18H24N2O2/c1-3-13-10-15-14(6-9-20-7-4-5-8-20)12-19(2)17(15)16(11-13)18(21)22/h10-12H,3-9H2,1-2H3,(H,21,22). The van der Waals surface area contributed by atoms with Crippen LogP contribution in [0.3, 0.4) is 0 Å². The number of carbonyl (C=O) groups is 1. The summed E-state index contributed by atoms with van der Waals surface area (Å²) in [4.78, 5) is 14.1. The smallest absolute Gasteiger partial charge is 0.337 e. The summed E-state index contributed by atoms with van der Waals surface area (Å²) in [7, 11) is 1.94. The Labute approximate surface area is 131 Å². The van der Waals surface area contributed by atoms with Gasteiger partial charge < -0.3 is 14.6 Å². The number of likely N-dealkylation sites (tertiary alicyclic amines) is 1. The van der Waals surface area contributed by atoms with E-state index in [9.17, 15) is 9.90 Å². The maximum atomic E-state index is 11.6. The number of hydrogen-bond acceptors (Lipinski definition) is 2. The number of benzene rings is 1. The lowest BCUT2D eigenvalue weighted by Gasteiger charge is -2.13. The minimum Gasteiger partial charge on any atom is -0.478 e. The molecule has 0 saturated carbocycles. The average Bonchev–Trinajstić information content (AvgIpc) is 3.12. The predicted octanol–water partition coefficient (Wildman–Crippen LogP) is 3.08. The third kappa shape index (κ3) is 2.75. The zero-order valence-corrected chi connectivity index (χ0v) is 13.4. The Kier molecular flexibility index (Phi) is 4.21. The van der Waals surface area contributed by atoms with Crippen LogP contribution in [0.15, 0.2) is 18.3 Å². The van der Waals surface area contributed by atoms with E-state index in [-0.39, 0.29) is 0 Å². The first-order chi connectivity index (χ1) is 10.6. The van der Waals surface area contributed by atoms with Crippen molar-refractivity contribution < 1.29 is 9.90 Å². The fourth-order valence-electron chi connectivity index (χ4n) is 3.54. The van der Waals surface area contributed by atoms with E-state index < -0.39 is 5.97 Å². The van der Waals surface area contributed by atoms with Crippen molar-refractivity contribution in [2.24, 2.45) is 7.05 Å². The van der Waals surface area contributed by atoms with Gasteiger partial charge in [-0.05, 0) is 62.0 Å². The SMILES string of the molecule is CCc1cc(C(=O)O)c2c(c1)c(CCN1CCCC1)cn2C. The number of hydrogen-bond donors (Lipinski definition) is 1. The van der Waals surface area contributed by atoms with Gasteiger partial charge in [0.2, 0.25) is 0 Å². The molecule has 0 spiro atoms. The van der Waals surface area contributed by atoms with Crippen LogP contribution in [0.5, 0.6) is 0 Å². The molecule has 4 heteroatoms. The summed E-state index contributed by atoms with van der Waals surface area (Å²) in [5.74, 6) is -0.840. The maximum absolute atomic E-state index is 11.6. The van der Waals surface area contributed by atoms with Gasteiger partial charge in [-0.25, -0.2) is 4.79 Å². The largest absolute Gasteiger partial charge is 0.478 e. The Hall–Kier alpha value is -1.81. The second-order valence-electron chi connectivity index (χ2n) is 6.26. The van der Waals surface area contributed by atoms with Crippen molar-refractivity contribution in [3.8, 4) is 0 Å². The molecule has 1 saturated heterocycles. The van der Waals surface area contributed by atoms with Gasteiger partial charge in [-0.15, -0.1) is 0 Å². The van der Waals surface area contributed by atoms with Crippen LogP contribution in [0.1, 0.15) is 41.3 Å². The molecule has 2 heterocycles. The van der Waals surface area contributed by atoms with Crippen molar-refractivity contribution in [2.75, 3.05) is 19.6 Å². The van der Waals surface area contributed by atoms with E-state index >= 15 is 0 Å². The van der Waals surface area contributed by atoms with E-state index in [4.69, 9.17) is 0 Å². The molecule has 0 atom stereocenters. The average molecular weight is 300 g/mol. The van der Waals surface area contributed by atoms with Crippen LogP contribution >= 0.6 is 0 Å². The summed E-state index contributed by atoms with van der Waals surface area (Å²) in [6.07, 6.45) is 6.56. The molecule has 22 heavy (non-hydrogen) atoms. The van der Waals surface area contributed by atoms with E-state index in [1.54, 1.807) is 0 Å². The summed E-state index contributed by atoms with van der Waals surface area (Å²) < 4.78 is 1.97. The van der Waals surface area contributed by atoms with Gasteiger partial charge in [0.1, 0.15) is 0 Å². The first-order valence-corrected chi connectivity index (χ1v) is 8.16. The topological polar surface area (TPSA) is 45.5 Å². The molecule has 1 fully saturated rings. The van der Waals surface area contributed by atoms with E-state index in [0.717, 1.165) is 35.9 Å². The Bertz CT molecular complexity index is 697. The lowest BCUT2D eigenvalue weighted by molar-refractivity contribution is 0.0698. The van der Waals surface area contributed by atoms with Crippen molar-refractivity contribution in [1.29, 1.82) is 0 Å². The Morgan fingerprint density at radius 1 is 1.27 bits per heavy atom. The number of aromatic carboxylic acids is 1. The van der Waals surface area contributed by atoms with Crippen LogP contribution < -0.4 is 0 Å². The quantitative estimate of drug-likeness (QED) is 0.923. The highest BCUT2D eigenvalue weighted by Crippen LogP contribution is 2.27. The molecule has 0 unspecified atom stereocenters. The fourth-order valence-corrected chi connectivity index (χ4v) is 3.54. The molecule has 1 aliphatic rings. The van der Waals surface area contributed by atoms with Gasteiger partial charge in [0.25, 0.3) is 0 Å². The summed E-state index contributed by atoms with van der Waals surface area (Å²) >= 11 is 0. The Morgan fingerprint density at radius 2 is 2.00 bits per heavy atom. The minimum absolute atomic E-state index is 0.421. The molecule has 1 aromatic carbocycles. The van der Waals surface area contributed by atoms with Gasteiger partial charge >= 0.3 is 5.97 Å². The molecule has 2 aromatic rings. The molecule has 1 aromatic heterocycles. The molecule has 1 N–H and O–H groups in total. The molecule has 118 valence electrons. The monoisotopic (exact) mass is 300 g/mol. The Morgan fingerprint density at radius 3 is 2.64 bits per heavy atom. The zero-order valence-electron chi connectivity index (χ0n) is 13.4. The number of aryl methyl sites for hydroxylation is 2. The number of fused-ring (bicyclic) bond motifs is 1. The third-order valence-electron chi connectivity index (χ3n) is 4.75. The van der Waals surface area contributed by atoms with Gasteiger partial charge in [0.15, 0.2) is 0 Å². The van der Waals surface area contributed by atoms with Crippen molar-refractivity contribution >= 4 is 16.9 Å². The minimum atomic E-state index is -0.840. The van der Waals surface area contributed by atoms with Crippen LogP contribution in [-0.2, 0) is 19.9 Å². The van der Waals surface area contributed by atoms with Gasteiger partial charge in [0.05, 0.1) is 11.1 Å². The highest BCUT2D eigenvalue weighted by molar-refractivity contribution is 6.03. The number of carboxylic acids is 1. The van der Waals surface area contributed by atoms with Crippen LogP contribution in [0.4, 0.5) is 0 Å².